The van der Waals surface area contributed by atoms with Crippen LogP contribution < -0.4 is 5.56 Å². The minimum Gasteiger partial charge on any atom is -0.477 e. The second kappa shape index (κ2) is 6.19. The van der Waals surface area contributed by atoms with Crippen LogP contribution in [0.3, 0.4) is 0 Å². The molecule has 0 unspecified atom stereocenters. The van der Waals surface area contributed by atoms with Crippen molar-refractivity contribution in [3.05, 3.63) is 33.3 Å². The molecule has 6 nitrogen and oxygen atoms in total. The van der Waals surface area contributed by atoms with Crippen molar-refractivity contribution in [3.8, 4) is 0 Å². The normalized spacial score (nSPS) is 10.7. The quantitative estimate of drug-likeness (QED) is 0.911. The number of aryl methyl sites for hydroxylation is 2. The van der Waals surface area contributed by atoms with Crippen LogP contribution in [-0.4, -0.2) is 25.6 Å². The fourth-order valence-corrected chi connectivity index (χ4v) is 3.57. The van der Waals surface area contributed by atoms with Gasteiger partial charge in [0, 0.05) is 18.9 Å². The molecule has 0 spiro atoms. The predicted molar refractivity (Wildman–Crippen MR) is 76.7 cm³/mol. The van der Waals surface area contributed by atoms with Gasteiger partial charge in [-0.1, -0.05) is 18.3 Å². The number of thiazole rings is 1. The summed E-state index contributed by atoms with van der Waals surface area (Å²) in [6.07, 6.45) is 4.07. The Bertz CT molecular complexity index is 693. The molecule has 2 rings (SSSR count). The summed E-state index contributed by atoms with van der Waals surface area (Å²) in [6.45, 7) is 4.26. The van der Waals surface area contributed by atoms with E-state index in [0.717, 1.165) is 29.5 Å². The lowest BCUT2D eigenvalue weighted by atomic mass is 10.4. The molecule has 2 aromatic rings. The third-order valence-electron chi connectivity index (χ3n) is 2.50. The summed E-state index contributed by atoms with van der Waals surface area (Å²) in [5, 5.41) is 9.31. The summed E-state index contributed by atoms with van der Waals surface area (Å²) in [5.74, 6) is -1.00. The van der Waals surface area contributed by atoms with Crippen LogP contribution in [0.25, 0.3) is 0 Å². The average Bonchev–Trinajstić information content (AvgIpc) is 2.76. The molecule has 0 aliphatic rings. The van der Waals surface area contributed by atoms with Gasteiger partial charge in [0.15, 0.2) is 9.37 Å². The van der Waals surface area contributed by atoms with Gasteiger partial charge in [-0.2, -0.15) is 0 Å². The van der Waals surface area contributed by atoms with E-state index in [1.807, 2.05) is 6.92 Å². The molecule has 0 amide bonds. The van der Waals surface area contributed by atoms with E-state index < -0.39 is 5.97 Å². The molecule has 0 fully saturated rings. The zero-order valence-corrected chi connectivity index (χ0v) is 12.6. The topological polar surface area (TPSA) is 85.1 Å². The van der Waals surface area contributed by atoms with Crippen molar-refractivity contribution in [3.63, 3.8) is 0 Å². The fraction of sp³-hybridized carbons (Fsp3) is 0.333. The predicted octanol–water partition coefficient (Wildman–Crippen LogP) is 2.27. The van der Waals surface area contributed by atoms with Crippen LogP contribution in [0.5, 0.6) is 0 Å². The number of nitrogens with zero attached hydrogens (tertiary/aromatic N) is 3. The first-order chi connectivity index (χ1) is 9.52. The lowest BCUT2D eigenvalue weighted by Gasteiger charge is -2.03. The number of rotatable bonds is 5. The van der Waals surface area contributed by atoms with Gasteiger partial charge in [0.1, 0.15) is 4.88 Å². The fourth-order valence-electron chi connectivity index (χ4n) is 1.61. The van der Waals surface area contributed by atoms with Crippen molar-refractivity contribution < 1.29 is 9.90 Å². The van der Waals surface area contributed by atoms with Crippen molar-refractivity contribution in [1.29, 1.82) is 0 Å². The van der Waals surface area contributed by atoms with Crippen molar-refractivity contribution in [1.82, 2.24) is 14.5 Å². The van der Waals surface area contributed by atoms with Crippen LogP contribution in [0.4, 0.5) is 0 Å². The molecule has 106 valence electrons. The molecule has 0 radical (unpaired) electrons. The van der Waals surface area contributed by atoms with E-state index in [0.29, 0.717) is 21.6 Å². The van der Waals surface area contributed by atoms with E-state index in [2.05, 4.69) is 9.97 Å². The standard InChI is InChI=1S/C12H13N3O3S2/c1-3-5-15-6-4-13-9(10(15)16)20-12-14-7(2)8(19-12)11(17)18/h4,6H,3,5H2,1-2H3,(H,17,18). The van der Waals surface area contributed by atoms with Gasteiger partial charge in [-0.3, -0.25) is 4.79 Å². The summed E-state index contributed by atoms with van der Waals surface area (Å²) in [6, 6.07) is 0. The van der Waals surface area contributed by atoms with Gasteiger partial charge in [0.25, 0.3) is 5.56 Å². The maximum Gasteiger partial charge on any atom is 0.347 e. The molecule has 0 bridgehead atoms. The third kappa shape index (κ3) is 3.07. The second-order valence-corrected chi connectivity index (χ2v) is 6.27. The van der Waals surface area contributed by atoms with E-state index >= 15 is 0 Å². The first-order valence-electron chi connectivity index (χ1n) is 5.97. The number of hydrogen-bond acceptors (Lipinski definition) is 6. The van der Waals surface area contributed by atoms with Gasteiger partial charge >= 0.3 is 5.97 Å². The van der Waals surface area contributed by atoms with E-state index in [1.165, 1.54) is 0 Å². The lowest BCUT2D eigenvalue weighted by Crippen LogP contribution is -2.21. The molecule has 2 aromatic heterocycles. The lowest BCUT2D eigenvalue weighted by molar-refractivity contribution is 0.0701. The first-order valence-corrected chi connectivity index (χ1v) is 7.60. The Balaban J connectivity index is 2.31. The number of aromatic carboxylic acids is 1. The van der Waals surface area contributed by atoms with Gasteiger partial charge < -0.3 is 9.67 Å². The SMILES string of the molecule is CCCn1ccnc(Sc2nc(C)c(C(=O)O)s2)c1=O. The largest absolute Gasteiger partial charge is 0.477 e. The van der Waals surface area contributed by atoms with Crippen LogP contribution >= 0.6 is 23.1 Å². The number of carboxylic acids is 1. The molecule has 0 aliphatic carbocycles. The average molecular weight is 311 g/mol. The third-order valence-corrected chi connectivity index (χ3v) is 4.68. The van der Waals surface area contributed by atoms with Crippen LogP contribution in [0, 0.1) is 6.92 Å². The summed E-state index contributed by atoms with van der Waals surface area (Å²) in [5.41, 5.74) is 0.277. The Kier molecular flexibility index (Phi) is 4.56. The first kappa shape index (κ1) is 14.7. The molecule has 0 aromatic carbocycles. The Morgan fingerprint density at radius 1 is 1.55 bits per heavy atom. The molecule has 0 saturated heterocycles. The van der Waals surface area contributed by atoms with Gasteiger partial charge in [-0.15, -0.1) is 0 Å². The zero-order chi connectivity index (χ0) is 14.7. The summed E-state index contributed by atoms with van der Waals surface area (Å²) in [4.78, 5) is 31.5. The summed E-state index contributed by atoms with van der Waals surface area (Å²) >= 11 is 2.16. The van der Waals surface area contributed by atoms with Gasteiger partial charge in [-0.25, -0.2) is 14.8 Å². The Labute approximate surface area is 123 Å². The van der Waals surface area contributed by atoms with Crippen LogP contribution in [-0.2, 0) is 6.54 Å². The molecule has 1 N–H and O–H groups in total. The molecular weight excluding hydrogens is 298 g/mol. The van der Waals surface area contributed by atoms with E-state index in [4.69, 9.17) is 5.11 Å². The smallest absolute Gasteiger partial charge is 0.347 e. The highest BCUT2D eigenvalue weighted by Gasteiger charge is 2.16. The summed E-state index contributed by atoms with van der Waals surface area (Å²) in [7, 11) is 0. The number of hydrogen-bond donors (Lipinski definition) is 1. The minimum atomic E-state index is -1.00. The summed E-state index contributed by atoms with van der Waals surface area (Å²) < 4.78 is 2.10. The molecule has 8 heteroatoms. The number of carboxylic acid groups (broad SMARTS) is 1. The van der Waals surface area contributed by atoms with Crippen LogP contribution in [0.2, 0.25) is 0 Å². The Morgan fingerprint density at radius 3 is 2.90 bits per heavy atom. The highest BCUT2D eigenvalue weighted by molar-refractivity contribution is 8.01. The minimum absolute atomic E-state index is 0.177. The van der Waals surface area contributed by atoms with Crippen LogP contribution in [0.1, 0.15) is 28.7 Å². The van der Waals surface area contributed by atoms with Gasteiger partial charge in [-0.05, 0) is 25.1 Å². The monoisotopic (exact) mass is 311 g/mol. The van der Waals surface area contributed by atoms with Crippen molar-refractivity contribution >= 4 is 29.1 Å². The van der Waals surface area contributed by atoms with E-state index in [9.17, 15) is 9.59 Å². The highest BCUT2D eigenvalue weighted by atomic mass is 32.2. The van der Waals surface area contributed by atoms with Crippen molar-refractivity contribution in [2.24, 2.45) is 0 Å². The zero-order valence-electron chi connectivity index (χ0n) is 11.0. The number of aromatic nitrogens is 3. The molecular formula is C12H13N3O3S2. The molecule has 0 aliphatic heterocycles. The molecule has 20 heavy (non-hydrogen) atoms. The van der Waals surface area contributed by atoms with Crippen molar-refractivity contribution in [2.75, 3.05) is 0 Å². The Hall–Kier alpha value is -1.67. The van der Waals surface area contributed by atoms with E-state index in [1.54, 1.807) is 23.9 Å². The molecule has 0 atom stereocenters. The van der Waals surface area contributed by atoms with Crippen molar-refractivity contribution in [2.45, 2.75) is 36.2 Å². The van der Waals surface area contributed by atoms with Gasteiger partial charge in [0.05, 0.1) is 5.69 Å². The van der Waals surface area contributed by atoms with Gasteiger partial charge in [0.2, 0.25) is 0 Å². The van der Waals surface area contributed by atoms with Crippen LogP contribution in [0.15, 0.2) is 26.6 Å². The highest BCUT2D eigenvalue weighted by Crippen LogP contribution is 2.30. The maximum atomic E-state index is 12.1. The molecule has 2 heterocycles. The second-order valence-electron chi connectivity index (χ2n) is 4.03. The van der Waals surface area contributed by atoms with E-state index in [-0.39, 0.29) is 10.4 Å². The maximum absolute atomic E-state index is 12.1. The molecule has 0 saturated carbocycles. The number of carbonyl (C=O) groups is 1. The Morgan fingerprint density at radius 2 is 2.30 bits per heavy atom.